The Morgan fingerprint density at radius 1 is 1.33 bits per heavy atom. The molecule has 3 heteroatoms. The van der Waals surface area contributed by atoms with Gasteiger partial charge in [-0.2, -0.15) is 11.8 Å². The molecule has 0 N–H and O–H groups in total. The zero-order valence-electron chi connectivity index (χ0n) is 8.74. The van der Waals surface area contributed by atoms with E-state index in [0.717, 1.165) is 11.1 Å². The number of halogens is 1. The molecule has 80 valence electrons. The highest BCUT2D eigenvalue weighted by Crippen LogP contribution is 2.24. The van der Waals surface area contributed by atoms with Crippen LogP contribution in [-0.4, -0.2) is 15.7 Å². The van der Waals surface area contributed by atoms with E-state index in [9.17, 15) is 0 Å². The van der Waals surface area contributed by atoms with Gasteiger partial charge in [-0.3, -0.25) is 0 Å². The van der Waals surface area contributed by atoms with Gasteiger partial charge in [-0.1, -0.05) is 34.1 Å². The number of aromatic nitrogens is 1. The van der Waals surface area contributed by atoms with Crippen molar-refractivity contribution in [3.8, 4) is 0 Å². The molecule has 1 heterocycles. The summed E-state index contributed by atoms with van der Waals surface area (Å²) in [4.78, 5) is 0. The van der Waals surface area contributed by atoms with Crippen LogP contribution in [0.1, 0.15) is 5.56 Å². The fraction of sp³-hybridized carbons (Fsp3) is 0.333. The maximum absolute atomic E-state index is 3.45. The van der Waals surface area contributed by atoms with Crippen molar-refractivity contribution < 1.29 is 0 Å². The van der Waals surface area contributed by atoms with E-state index in [2.05, 4.69) is 58.0 Å². The maximum Gasteiger partial charge on any atom is 0.0480 e. The van der Waals surface area contributed by atoms with Crippen molar-refractivity contribution in [2.75, 3.05) is 11.1 Å². The lowest BCUT2D eigenvalue weighted by Gasteiger charge is -1.97. The number of alkyl halides is 1. The van der Waals surface area contributed by atoms with Gasteiger partial charge in [-0.15, -0.1) is 0 Å². The number of hydrogen-bond acceptors (Lipinski definition) is 1. The van der Waals surface area contributed by atoms with Crippen LogP contribution in [0.25, 0.3) is 10.9 Å². The molecule has 0 amide bonds. The zero-order valence-corrected chi connectivity index (χ0v) is 11.1. The number of para-hydroxylation sites is 1. The molecule has 0 unspecified atom stereocenters. The lowest BCUT2D eigenvalue weighted by atomic mass is 10.2. The van der Waals surface area contributed by atoms with E-state index in [1.54, 1.807) is 0 Å². The summed E-state index contributed by atoms with van der Waals surface area (Å²) in [6.45, 7) is 0. The highest BCUT2D eigenvalue weighted by molar-refractivity contribution is 9.09. The predicted molar refractivity (Wildman–Crippen MR) is 72.9 cm³/mol. The summed E-state index contributed by atoms with van der Waals surface area (Å²) >= 11 is 5.43. The molecule has 15 heavy (non-hydrogen) atoms. The molecule has 0 bridgehead atoms. The molecular weight excluding hydrogens is 270 g/mol. The first-order chi connectivity index (χ1) is 7.33. The fourth-order valence-corrected chi connectivity index (χ4v) is 3.17. The van der Waals surface area contributed by atoms with Gasteiger partial charge in [0.25, 0.3) is 0 Å². The van der Waals surface area contributed by atoms with Crippen LogP contribution in [0.2, 0.25) is 0 Å². The third-order valence-electron chi connectivity index (χ3n) is 2.46. The van der Waals surface area contributed by atoms with Crippen molar-refractivity contribution in [2.45, 2.75) is 5.75 Å². The van der Waals surface area contributed by atoms with Crippen LogP contribution in [0.5, 0.6) is 0 Å². The fourth-order valence-electron chi connectivity index (χ4n) is 1.78. The third kappa shape index (κ3) is 2.40. The minimum atomic E-state index is 1.07. The summed E-state index contributed by atoms with van der Waals surface area (Å²) in [6, 6.07) is 8.59. The van der Waals surface area contributed by atoms with Crippen LogP contribution < -0.4 is 0 Å². The Balaban J connectivity index is 2.27. The predicted octanol–water partition coefficient (Wildman–Crippen LogP) is 3.81. The number of thioether (sulfide) groups is 1. The van der Waals surface area contributed by atoms with Crippen molar-refractivity contribution in [1.29, 1.82) is 0 Å². The van der Waals surface area contributed by atoms with Crippen LogP contribution in [0.15, 0.2) is 30.5 Å². The smallest absolute Gasteiger partial charge is 0.0480 e. The Kier molecular flexibility index (Phi) is 3.76. The largest absolute Gasteiger partial charge is 0.350 e. The summed E-state index contributed by atoms with van der Waals surface area (Å²) in [7, 11) is 2.11. The molecule has 1 aromatic carbocycles. The molecule has 0 aliphatic rings. The molecular formula is C12H14BrNS. The number of benzene rings is 1. The van der Waals surface area contributed by atoms with Crippen LogP contribution in [-0.2, 0) is 12.8 Å². The van der Waals surface area contributed by atoms with Gasteiger partial charge in [0.2, 0.25) is 0 Å². The average molecular weight is 284 g/mol. The van der Waals surface area contributed by atoms with E-state index < -0.39 is 0 Å². The van der Waals surface area contributed by atoms with E-state index in [0.29, 0.717) is 0 Å². The minimum absolute atomic E-state index is 1.07. The second-order valence-corrected chi connectivity index (χ2v) is 5.42. The Labute approximate surface area is 103 Å². The maximum atomic E-state index is 3.45. The van der Waals surface area contributed by atoms with E-state index in [1.165, 1.54) is 22.2 Å². The average Bonchev–Trinajstić information content (AvgIpc) is 2.58. The van der Waals surface area contributed by atoms with E-state index in [1.807, 2.05) is 11.8 Å². The highest BCUT2D eigenvalue weighted by atomic mass is 79.9. The lowest BCUT2D eigenvalue weighted by Crippen LogP contribution is -1.83. The zero-order chi connectivity index (χ0) is 10.7. The second-order valence-electron chi connectivity index (χ2n) is 3.52. The van der Waals surface area contributed by atoms with Crippen molar-refractivity contribution in [3.05, 3.63) is 36.0 Å². The van der Waals surface area contributed by atoms with Crippen molar-refractivity contribution in [1.82, 2.24) is 4.57 Å². The normalized spacial score (nSPS) is 11.1. The summed E-state index contributed by atoms with van der Waals surface area (Å²) in [5.41, 5.74) is 2.77. The number of fused-ring (bicyclic) bond motifs is 1. The summed E-state index contributed by atoms with van der Waals surface area (Å²) in [6.07, 6.45) is 2.24. The van der Waals surface area contributed by atoms with E-state index in [-0.39, 0.29) is 0 Å². The summed E-state index contributed by atoms with van der Waals surface area (Å²) < 4.78 is 2.21. The quantitative estimate of drug-likeness (QED) is 0.610. The van der Waals surface area contributed by atoms with Gasteiger partial charge in [-0.25, -0.2) is 0 Å². The molecule has 2 aromatic rings. The molecule has 0 aliphatic heterocycles. The Morgan fingerprint density at radius 3 is 2.93 bits per heavy atom. The topological polar surface area (TPSA) is 4.93 Å². The van der Waals surface area contributed by atoms with Gasteiger partial charge in [0.15, 0.2) is 0 Å². The van der Waals surface area contributed by atoms with Gasteiger partial charge >= 0.3 is 0 Å². The second kappa shape index (κ2) is 5.08. The van der Waals surface area contributed by atoms with E-state index in [4.69, 9.17) is 0 Å². The monoisotopic (exact) mass is 283 g/mol. The van der Waals surface area contributed by atoms with Crippen molar-refractivity contribution >= 4 is 38.6 Å². The molecule has 0 atom stereocenters. The van der Waals surface area contributed by atoms with Crippen LogP contribution in [0.4, 0.5) is 0 Å². The summed E-state index contributed by atoms with van der Waals surface area (Å²) in [5, 5.41) is 2.46. The van der Waals surface area contributed by atoms with Gasteiger partial charge in [-0.05, 0) is 11.6 Å². The molecule has 0 fully saturated rings. The van der Waals surface area contributed by atoms with Gasteiger partial charge in [0.1, 0.15) is 0 Å². The molecule has 1 nitrogen and oxygen atoms in total. The lowest BCUT2D eigenvalue weighted by molar-refractivity contribution is 0.963. The molecule has 0 saturated heterocycles. The minimum Gasteiger partial charge on any atom is -0.350 e. The van der Waals surface area contributed by atoms with Crippen LogP contribution in [0.3, 0.4) is 0 Å². The molecule has 0 aliphatic carbocycles. The number of nitrogens with zero attached hydrogens (tertiary/aromatic N) is 1. The Morgan fingerprint density at radius 2 is 2.13 bits per heavy atom. The van der Waals surface area contributed by atoms with Gasteiger partial charge in [0.05, 0.1) is 0 Å². The first kappa shape index (κ1) is 11.1. The highest BCUT2D eigenvalue weighted by Gasteiger charge is 2.04. The number of hydrogen-bond donors (Lipinski definition) is 0. The Hall–Kier alpha value is -0.410. The Bertz CT molecular complexity index is 450. The van der Waals surface area contributed by atoms with Crippen molar-refractivity contribution in [2.24, 2.45) is 7.05 Å². The third-order valence-corrected chi connectivity index (χ3v) is 4.39. The SMILES string of the molecule is Cn1cc(CSCCBr)c2ccccc21. The first-order valence-electron chi connectivity index (χ1n) is 4.99. The molecule has 0 saturated carbocycles. The molecule has 0 radical (unpaired) electrons. The van der Waals surface area contributed by atoms with Gasteiger partial charge in [0, 0.05) is 41.0 Å². The van der Waals surface area contributed by atoms with Crippen LogP contribution >= 0.6 is 27.7 Å². The van der Waals surface area contributed by atoms with Crippen molar-refractivity contribution in [3.63, 3.8) is 0 Å². The summed E-state index contributed by atoms with van der Waals surface area (Å²) in [5.74, 6) is 2.27. The van der Waals surface area contributed by atoms with Gasteiger partial charge < -0.3 is 4.57 Å². The first-order valence-corrected chi connectivity index (χ1v) is 7.27. The number of rotatable bonds is 4. The molecule has 1 aromatic heterocycles. The van der Waals surface area contributed by atoms with Crippen LogP contribution in [0, 0.1) is 0 Å². The molecule has 2 rings (SSSR count). The standard InChI is InChI=1S/C12H14BrNS/c1-14-8-10(9-15-7-6-13)11-4-2-3-5-12(11)14/h2-5,8H,6-7,9H2,1H3. The van der Waals surface area contributed by atoms with E-state index >= 15 is 0 Å². The molecule has 0 spiro atoms. The number of aryl methyl sites for hydroxylation is 1.